The molecule has 0 aliphatic carbocycles. The minimum atomic E-state index is 0.654. The Labute approximate surface area is 131 Å². The van der Waals surface area contributed by atoms with Crippen molar-refractivity contribution in [3.63, 3.8) is 0 Å². The van der Waals surface area contributed by atoms with Crippen molar-refractivity contribution in [1.82, 2.24) is 4.98 Å². The summed E-state index contributed by atoms with van der Waals surface area (Å²) >= 11 is 0. The van der Waals surface area contributed by atoms with E-state index in [-0.39, 0.29) is 0 Å². The summed E-state index contributed by atoms with van der Waals surface area (Å²) < 4.78 is 5.68. The fraction of sp³-hybridized carbons (Fsp3) is 0.263. The first-order chi connectivity index (χ1) is 10.8. The van der Waals surface area contributed by atoms with Crippen LogP contribution in [0.3, 0.4) is 0 Å². The number of hydrogen-bond acceptors (Lipinski definition) is 3. The first-order valence-corrected chi connectivity index (χ1v) is 7.54. The predicted molar refractivity (Wildman–Crippen MR) is 88.5 cm³/mol. The van der Waals surface area contributed by atoms with Gasteiger partial charge in [0.1, 0.15) is 5.75 Å². The second-order valence-electron chi connectivity index (χ2n) is 4.98. The molecule has 0 atom stereocenters. The van der Waals surface area contributed by atoms with E-state index in [1.807, 2.05) is 31.2 Å². The number of benzene rings is 1. The summed E-state index contributed by atoms with van der Waals surface area (Å²) in [5.41, 5.74) is 2.53. The molecule has 0 aliphatic rings. The molecule has 0 saturated carbocycles. The van der Waals surface area contributed by atoms with Gasteiger partial charge in [0.05, 0.1) is 30.1 Å². The average Bonchev–Trinajstić information content (AvgIpc) is 2.59. The SMILES string of the molecule is C/C=C\CCCCOc1ccc(-c2ccc(C#N)cc2)nc1. The Bertz CT molecular complexity index is 637. The van der Waals surface area contributed by atoms with E-state index >= 15 is 0 Å². The third kappa shape index (κ3) is 4.75. The molecule has 0 saturated heterocycles. The lowest BCUT2D eigenvalue weighted by Gasteiger charge is -2.06. The summed E-state index contributed by atoms with van der Waals surface area (Å²) in [6, 6.07) is 13.4. The third-order valence-electron chi connectivity index (χ3n) is 3.32. The van der Waals surface area contributed by atoms with Gasteiger partial charge in [-0.3, -0.25) is 4.98 Å². The molecule has 1 aromatic heterocycles. The quantitative estimate of drug-likeness (QED) is 0.546. The van der Waals surface area contributed by atoms with Gasteiger partial charge in [0.25, 0.3) is 0 Å². The molecule has 2 rings (SSSR count). The standard InChI is InChI=1S/C19H20N2O/c1-2-3-4-5-6-13-22-18-11-12-19(21-15-18)17-9-7-16(14-20)8-10-17/h2-3,7-12,15H,4-6,13H2,1H3/b3-2-. The maximum atomic E-state index is 8.80. The molecule has 3 heteroatoms. The molecular formula is C19H20N2O. The van der Waals surface area contributed by atoms with Gasteiger partial charge in [0.2, 0.25) is 0 Å². The van der Waals surface area contributed by atoms with E-state index < -0.39 is 0 Å². The van der Waals surface area contributed by atoms with Gasteiger partial charge in [-0.15, -0.1) is 0 Å². The van der Waals surface area contributed by atoms with Crippen molar-refractivity contribution in [2.45, 2.75) is 26.2 Å². The van der Waals surface area contributed by atoms with Crippen LogP contribution in [0.15, 0.2) is 54.7 Å². The van der Waals surface area contributed by atoms with Crippen LogP contribution in [0, 0.1) is 11.3 Å². The van der Waals surface area contributed by atoms with E-state index in [1.54, 1.807) is 18.3 Å². The number of aromatic nitrogens is 1. The average molecular weight is 292 g/mol. The molecule has 0 amide bonds. The van der Waals surface area contributed by atoms with Gasteiger partial charge >= 0.3 is 0 Å². The van der Waals surface area contributed by atoms with Crippen molar-refractivity contribution < 1.29 is 4.74 Å². The van der Waals surface area contributed by atoms with Crippen molar-refractivity contribution in [3.05, 3.63) is 60.3 Å². The number of nitriles is 1. The van der Waals surface area contributed by atoms with Gasteiger partial charge in [-0.2, -0.15) is 5.26 Å². The first-order valence-electron chi connectivity index (χ1n) is 7.54. The Hall–Kier alpha value is -2.60. The molecule has 0 bridgehead atoms. The van der Waals surface area contributed by atoms with Gasteiger partial charge in [-0.1, -0.05) is 24.3 Å². The van der Waals surface area contributed by atoms with E-state index in [9.17, 15) is 0 Å². The molecule has 1 aromatic carbocycles. The minimum absolute atomic E-state index is 0.654. The number of unbranched alkanes of at least 4 members (excludes halogenated alkanes) is 2. The lowest BCUT2D eigenvalue weighted by Crippen LogP contribution is -1.97. The van der Waals surface area contributed by atoms with E-state index in [1.165, 1.54) is 0 Å². The topological polar surface area (TPSA) is 45.9 Å². The molecule has 22 heavy (non-hydrogen) atoms. The lowest BCUT2D eigenvalue weighted by molar-refractivity contribution is 0.306. The summed E-state index contributed by atoms with van der Waals surface area (Å²) in [5, 5.41) is 8.80. The molecule has 3 nitrogen and oxygen atoms in total. The highest BCUT2D eigenvalue weighted by molar-refractivity contribution is 5.60. The smallest absolute Gasteiger partial charge is 0.137 e. The monoisotopic (exact) mass is 292 g/mol. The number of hydrogen-bond donors (Lipinski definition) is 0. The molecule has 0 fully saturated rings. The largest absolute Gasteiger partial charge is 0.492 e. The zero-order valence-corrected chi connectivity index (χ0v) is 12.8. The molecule has 2 aromatic rings. The Morgan fingerprint density at radius 2 is 1.95 bits per heavy atom. The second kappa shape index (κ2) is 8.63. The number of pyridine rings is 1. The van der Waals surface area contributed by atoms with Crippen LogP contribution in [0.1, 0.15) is 31.7 Å². The fourth-order valence-electron chi connectivity index (χ4n) is 2.07. The van der Waals surface area contributed by atoms with Crippen LogP contribution in [-0.2, 0) is 0 Å². The van der Waals surface area contributed by atoms with Crippen LogP contribution < -0.4 is 4.74 Å². The number of rotatable bonds is 7. The van der Waals surface area contributed by atoms with Crippen LogP contribution in [0.25, 0.3) is 11.3 Å². The summed E-state index contributed by atoms with van der Waals surface area (Å²) in [6.45, 7) is 2.76. The van der Waals surface area contributed by atoms with Crippen molar-refractivity contribution in [2.24, 2.45) is 0 Å². The van der Waals surface area contributed by atoms with Crippen molar-refractivity contribution in [3.8, 4) is 23.1 Å². The van der Waals surface area contributed by atoms with Gasteiger partial charge in [-0.25, -0.2) is 0 Å². The Morgan fingerprint density at radius 1 is 1.14 bits per heavy atom. The van der Waals surface area contributed by atoms with Crippen LogP contribution in [-0.4, -0.2) is 11.6 Å². The van der Waals surface area contributed by atoms with Crippen molar-refractivity contribution in [2.75, 3.05) is 6.61 Å². The van der Waals surface area contributed by atoms with Crippen LogP contribution in [0.4, 0.5) is 0 Å². The highest BCUT2D eigenvalue weighted by Gasteiger charge is 2.01. The maximum Gasteiger partial charge on any atom is 0.137 e. The van der Waals surface area contributed by atoms with Crippen molar-refractivity contribution >= 4 is 0 Å². The molecule has 0 N–H and O–H groups in total. The Kier molecular flexibility index (Phi) is 6.19. The molecule has 0 unspecified atom stereocenters. The summed E-state index contributed by atoms with van der Waals surface area (Å²) in [5.74, 6) is 0.795. The molecule has 112 valence electrons. The van der Waals surface area contributed by atoms with Gasteiger partial charge < -0.3 is 4.74 Å². The van der Waals surface area contributed by atoms with Gasteiger partial charge in [-0.05, 0) is 50.5 Å². The highest BCUT2D eigenvalue weighted by atomic mass is 16.5. The van der Waals surface area contributed by atoms with E-state index in [0.717, 1.165) is 42.9 Å². The van der Waals surface area contributed by atoms with Gasteiger partial charge in [0, 0.05) is 5.56 Å². The van der Waals surface area contributed by atoms with E-state index in [4.69, 9.17) is 10.00 Å². The Morgan fingerprint density at radius 3 is 2.59 bits per heavy atom. The molecule has 0 aliphatic heterocycles. The highest BCUT2D eigenvalue weighted by Crippen LogP contribution is 2.20. The lowest BCUT2D eigenvalue weighted by atomic mass is 10.1. The maximum absolute atomic E-state index is 8.80. The molecule has 0 radical (unpaired) electrons. The molecular weight excluding hydrogens is 272 g/mol. The zero-order chi connectivity index (χ0) is 15.6. The number of ether oxygens (including phenoxy) is 1. The normalized spacial score (nSPS) is 10.5. The summed E-state index contributed by atoms with van der Waals surface area (Å²) in [4.78, 5) is 4.41. The summed E-state index contributed by atoms with van der Waals surface area (Å²) in [6.07, 6.45) is 9.29. The first kappa shape index (κ1) is 15.8. The van der Waals surface area contributed by atoms with Crippen molar-refractivity contribution in [1.29, 1.82) is 5.26 Å². The number of nitrogens with zero attached hydrogens (tertiary/aromatic N) is 2. The summed E-state index contributed by atoms with van der Waals surface area (Å²) in [7, 11) is 0. The second-order valence-corrected chi connectivity index (χ2v) is 4.98. The van der Waals surface area contributed by atoms with Crippen LogP contribution >= 0.6 is 0 Å². The molecule has 1 heterocycles. The number of allylic oxidation sites excluding steroid dienone is 2. The van der Waals surface area contributed by atoms with Crippen LogP contribution in [0.5, 0.6) is 5.75 Å². The van der Waals surface area contributed by atoms with E-state index in [0.29, 0.717) is 5.56 Å². The molecule has 0 spiro atoms. The Balaban J connectivity index is 1.86. The van der Waals surface area contributed by atoms with Gasteiger partial charge in [0.15, 0.2) is 0 Å². The minimum Gasteiger partial charge on any atom is -0.492 e. The fourth-order valence-corrected chi connectivity index (χ4v) is 2.07. The van der Waals surface area contributed by atoms with E-state index in [2.05, 4.69) is 23.2 Å². The predicted octanol–water partition coefficient (Wildman–Crippen LogP) is 4.75. The third-order valence-corrected chi connectivity index (χ3v) is 3.32. The van der Waals surface area contributed by atoms with Crippen LogP contribution in [0.2, 0.25) is 0 Å². The zero-order valence-electron chi connectivity index (χ0n) is 12.8.